The third kappa shape index (κ3) is 2.41. The van der Waals surface area contributed by atoms with Gasteiger partial charge in [0.05, 0.1) is 5.69 Å². The molecular formula is C15H14FN3O2S. The van der Waals surface area contributed by atoms with E-state index in [1.54, 1.807) is 6.07 Å². The fourth-order valence-electron chi connectivity index (χ4n) is 2.68. The average Bonchev–Trinajstić information content (AvgIpc) is 3.15. The van der Waals surface area contributed by atoms with Crippen LogP contribution in [-0.2, 0) is 9.63 Å². The zero-order valence-electron chi connectivity index (χ0n) is 11.6. The normalized spacial score (nSPS) is 23.3. The molecule has 114 valence electrons. The molecule has 1 saturated heterocycles. The predicted molar refractivity (Wildman–Crippen MR) is 82.8 cm³/mol. The highest BCUT2D eigenvalue weighted by atomic mass is 32.2. The number of nitrogens with one attached hydrogen (secondary N) is 3. The molecule has 4 rings (SSSR count). The number of amides is 1. The Bertz CT molecular complexity index is 749. The number of anilines is 1. The maximum absolute atomic E-state index is 13.3. The monoisotopic (exact) mass is 319 g/mol. The van der Waals surface area contributed by atoms with E-state index in [9.17, 15) is 9.18 Å². The van der Waals surface area contributed by atoms with Crippen molar-refractivity contribution in [3.05, 3.63) is 36.1 Å². The topological polar surface area (TPSA) is 62.4 Å². The number of halogens is 1. The first-order valence-corrected chi connectivity index (χ1v) is 7.93. The average molecular weight is 319 g/mol. The largest absolute Gasteiger partial charge is 0.356 e. The van der Waals surface area contributed by atoms with Crippen molar-refractivity contribution in [1.29, 1.82) is 0 Å². The van der Waals surface area contributed by atoms with Gasteiger partial charge in [0.2, 0.25) is 0 Å². The molecule has 2 atom stereocenters. The van der Waals surface area contributed by atoms with E-state index < -0.39 is 6.10 Å². The van der Waals surface area contributed by atoms with Crippen LogP contribution in [-0.4, -0.2) is 24.1 Å². The molecule has 0 aliphatic carbocycles. The van der Waals surface area contributed by atoms with Crippen molar-refractivity contribution in [1.82, 2.24) is 10.8 Å². The molecule has 22 heavy (non-hydrogen) atoms. The lowest BCUT2D eigenvalue weighted by Gasteiger charge is -2.15. The fourth-order valence-corrected chi connectivity index (χ4v) is 3.85. The SMILES string of the molecule is O=C(NC1Nc2ccc3cc(F)ccc3c2S1)C1CCNO1. The van der Waals surface area contributed by atoms with Crippen molar-refractivity contribution in [2.75, 3.05) is 11.9 Å². The summed E-state index contributed by atoms with van der Waals surface area (Å²) in [7, 11) is 0. The van der Waals surface area contributed by atoms with Crippen LogP contribution in [0.5, 0.6) is 0 Å². The van der Waals surface area contributed by atoms with Gasteiger partial charge < -0.3 is 10.6 Å². The summed E-state index contributed by atoms with van der Waals surface area (Å²) in [5.74, 6) is -0.391. The molecule has 1 fully saturated rings. The van der Waals surface area contributed by atoms with Crippen LogP contribution in [0.3, 0.4) is 0 Å². The summed E-state index contributed by atoms with van der Waals surface area (Å²) in [6, 6.07) is 8.52. The van der Waals surface area contributed by atoms with Crippen molar-refractivity contribution in [3.8, 4) is 0 Å². The van der Waals surface area contributed by atoms with Gasteiger partial charge in [-0.1, -0.05) is 23.9 Å². The first-order valence-electron chi connectivity index (χ1n) is 7.05. The van der Waals surface area contributed by atoms with Gasteiger partial charge in [-0.05, 0) is 35.4 Å². The Morgan fingerprint density at radius 1 is 1.36 bits per heavy atom. The molecule has 0 aromatic heterocycles. The van der Waals surface area contributed by atoms with E-state index in [1.807, 2.05) is 12.1 Å². The number of thioether (sulfide) groups is 1. The van der Waals surface area contributed by atoms with Gasteiger partial charge in [0.1, 0.15) is 5.82 Å². The Hall–Kier alpha value is -1.83. The molecule has 2 aliphatic rings. The van der Waals surface area contributed by atoms with Crippen molar-refractivity contribution >= 4 is 34.1 Å². The standard InChI is InChI=1S/C15H14FN3O2S/c16-9-2-3-10-8(7-9)1-4-11-13(10)22-15(18-11)19-14(20)12-5-6-17-21-12/h1-4,7,12,15,17-18H,5-6H2,(H,19,20). The number of rotatable bonds is 2. The fraction of sp³-hybridized carbons (Fsp3) is 0.267. The molecule has 5 nitrogen and oxygen atoms in total. The first-order chi connectivity index (χ1) is 10.7. The molecule has 0 radical (unpaired) electrons. The van der Waals surface area contributed by atoms with Crippen molar-refractivity contribution in [2.24, 2.45) is 0 Å². The Balaban J connectivity index is 1.55. The molecule has 2 aromatic rings. The molecule has 2 aromatic carbocycles. The summed E-state index contributed by atoms with van der Waals surface area (Å²) in [5.41, 5.74) is 3.40. The highest BCUT2D eigenvalue weighted by Gasteiger charge is 2.29. The Morgan fingerprint density at radius 2 is 2.27 bits per heavy atom. The lowest BCUT2D eigenvalue weighted by molar-refractivity contribution is -0.132. The molecule has 2 aliphatic heterocycles. The van der Waals surface area contributed by atoms with Crippen LogP contribution in [0.15, 0.2) is 35.2 Å². The van der Waals surface area contributed by atoms with E-state index in [2.05, 4.69) is 16.1 Å². The van der Waals surface area contributed by atoms with Crippen LogP contribution in [0.25, 0.3) is 10.8 Å². The van der Waals surface area contributed by atoms with E-state index in [-0.39, 0.29) is 17.2 Å². The van der Waals surface area contributed by atoms with E-state index in [4.69, 9.17) is 4.84 Å². The van der Waals surface area contributed by atoms with E-state index in [0.717, 1.165) is 21.4 Å². The van der Waals surface area contributed by atoms with Crippen molar-refractivity contribution in [3.63, 3.8) is 0 Å². The van der Waals surface area contributed by atoms with Crippen molar-refractivity contribution < 1.29 is 14.0 Å². The molecule has 2 unspecified atom stereocenters. The van der Waals surface area contributed by atoms with E-state index in [1.165, 1.54) is 23.9 Å². The highest BCUT2D eigenvalue weighted by molar-refractivity contribution is 8.00. The molecule has 3 N–H and O–H groups in total. The number of carbonyl (C=O) groups excluding carboxylic acids is 1. The smallest absolute Gasteiger partial charge is 0.253 e. The number of carbonyl (C=O) groups is 1. The summed E-state index contributed by atoms with van der Waals surface area (Å²) in [6.07, 6.45) is 0.218. The van der Waals surface area contributed by atoms with Gasteiger partial charge in [-0.25, -0.2) is 9.87 Å². The molecule has 2 heterocycles. The summed E-state index contributed by atoms with van der Waals surface area (Å²) in [4.78, 5) is 18.2. The number of hydroxylamine groups is 1. The zero-order chi connectivity index (χ0) is 15.1. The van der Waals surface area contributed by atoms with Gasteiger partial charge >= 0.3 is 0 Å². The van der Waals surface area contributed by atoms with Crippen LogP contribution in [0.2, 0.25) is 0 Å². The maximum atomic E-state index is 13.3. The second-order valence-corrected chi connectivity index (χ2v) is 6.36. The molecular weight excluding hydrogens is 305 g/mol. The summed E-state index contributed by atoms with van der Waals surface area (Å²) in [6.45, 7) is 0.680. The maximum Gasteiger partial charge on any atom is 0.253 e. The van der Waals surface area contributed by atoms with Crippen LogP contribution in [0.4, 0.5) is 10.1 Å². The first kappa shape index (κ1) is 13.8. The van der Waals surface area contributed by atoms with E-state index >= 15 is 0 Å². The minimum atomic E-state index is -0.447. The Labute approximate surface area is 130 Å². The van der Waals surface area contributed by atoms with E-state index in [0.29, 0.717) is 13.0 Å². The second kappa shape index (κ2) is 5.42. The number of benzene rings is 2. The van der Waals surface area contributed by atoms with Gasteiger partial charge in [0.25, 0.3) is 5.91 Å². The number of fused-ring (bicyclic) bond motifs is 3. The van der Waals surface area contributed by atoms with Gasteiger partial charge in [0, 0.05) is 11.4 Å². The summed E-state index contributed by atoms with van der Waals surface area (Å²) < 4.78 is 13.3. The highest BCUT2D eigenvalue weighted by Crippen LogP contribution is 2.42. The van der Waals surface area contributed by atoms with Crippen LogP contribution in [0, 0.1) is 5.82 Å². The van der Waals surface area contributed by atoms with Crippen LogP contribution < -0.4 is 16.1 Å². The number of hydrogen-bond acceptors (Lipinski definition) is 5. The molecule has 1 amide bonds. The minimum absolute atomic E-state index is 0.141. The number of hydrogen-bond donors (Lipinski definition) is 3. The van der Waals surface area contributed by atoms with Gasteiger partial charge in [-0.2, -0.15) is 0 Å². The molecule has 0 bridgehead atoms. The second-order valence-electron chi connectivity index (χ2n) is 5.25. The minimum Gasteiger partial charge on any atom is -0.356 e. The quantitative estimate of drug-likeness (QED) is 0.792. The van der Waals surface area contributed by atoms with Gasteiger partial charge in [0.15, 0.2) is 11.6 Å². The van der Waals surface area contributed by atoms with Gasteiger partial charge in [-0.3, -0.25) is 9.63 Å². The summed E-state index contributed by atoms with van der Waals surface area (Å²) >= 11 is 1.52. The lowest BCUT2D eigenvalue weighted by atomic mass is 10.1. The zero-order valence-corrected chi connectivity index (χ0v) is 12.4. The lowest BCUT2D eigenvalue weighted by Crippen LogP contribution is -2.42. The molecule has 0 saturated carbocycles. The predicted octanol–water partition coefficient (Wildman–Crippen LogP) is 2.19. The third-order valence-corrected chi connectivity index (χ3v) is 4.90. The third-order valence-electron chi connectivity index (χ3n) is 3.75. The summed E-state index contributed by atoms with van der Waals surface area (Å²) in [5, 5.41) is 8.00. The van der Waals surface area contributed by atoms with Crippen molar-refractivity contribution in [2.45, 2.75) is 22.9 Å². The van der Waals surface area contributed by atoms with Crippen LogP contribution in [0.1, 0.15) is 6.42 Å². The Kier molecular flexibility index (Phi) is 3.40. The van der Waals surface area contributed by atoms with Crippen LogP contribution >= 0.6 is 11.8 Å². The Morgan fingerprint density at radius 3 is 3.09 bits per heavy atom. The van der Waals surface area contributed by atoms with Gasteiger partial charge in [-0.15, -0.1) is 0 Å². The molecule has 7 heteroatoms. The molecule has 0 spiro atoms.